The first-order valence-electron chi connectivity index (χ1n) is 5.70. The van der Waals surface area contributed by atoms with Crippen LogP contribution in [-0.4, -0.2) is 12.2 Å². The predicted molar refractivity (Wildman–Crippen MR) is 71.2 cm³/mol. The van der Waals surface area contributed by atoms with Crippen LogP contribution in [0.2, 0.25) is 0 Å². The summed E-state index contributed by atoms with van der Waals surface area (Å²) in [4.78, 5) is 0. The summed E-state index contributed by atoms with van der Waals surface area (Å²) in [5, 5.41) is 9.51. The number of aryl methyl sites for hydroxylation is 1. The molecule has 0 aliphatic heterocycles. The summed E-state index contributed by atoms with van der Waals surface area (Å²) in [5.41, 5.74) is 2.08. The molecule has 1 N–H and O–H groups in total. The number of ether oxygens (including phenoxy) is 1. The molecule has 0 unspecified atom stereocenters. The van der Waals surface area contributed by atoms with Crippen molar-refractivity contribution in [2.45, 2.75) is 0 Å². The van der Waals surface area contributed by atoms with Gasteiger partial charge in [-0.05, 0) is 29.8 Å². The molecule has 100 valence electrons. The highest BCUT2D eigenvalue weighted by molar-refractivity contribution is 5.68. The van der Waals surface area contributed by atoms with Crippen LogP contribution in [0.4, 0.5) is 0 Å². The van der Waals surface area contributed by atoms with Crippen LogP contribution in [0.25, 0.3) is 12.2 Å². The van der Waals surface area contributed by atoms with Crippen molar-refractivity contribution in [2.24, 2.45) is 7.05 Å². The summed E-state index contributed by atoms with van der Waals surface area (Å²) in [6, 6.07) is 11.3. The van der Waals surface area contributed by atoms with Crippen LogP contribution in [0, 0.1) is 0 Å². The van der Waals surface area contributed by atoms with Gasteiger partial charge in [0.2, 0.25) is 5.69 Å². The van der Waals surface area contributed by atoms with E-state index in [1.807, 2.05) is 54.2 Å². The van der Waals surface area contributed by atoms with E-state index in [9.17, 15) is 5.11 Å². The van der Waals surface area contributed by atoms with E-state index in [-0.39, 0.29) is 29.7 Å². The number of pyridine rings is 1. The number of aromatic hydroxyl groups is 1. The summed E-state index contributed by atoms with van der Waals surface area (Å²) in [6.07, 6.45) is 6.00. The zero-order valence-corrected chi connectivity index (χ0v) is 13.0. The van der Waals surface area contributed by atoms with Crippen molar-refractivity contribution in [3.63, 3.8) is 0 Å². The van der Waals surface area contributed by atoms with Gasteiger partial charge < -0.3 is 33.8 Å². The number of benzene rings is 1. The summed E-state index contributed by atoms with van der Waals surface area (Å²) in [7, 11) is 3.54. The van der Waals surface area contributed by atoms with Gasteiger partial charge >= 0.3 is 0 Å². The molecule has 0 aliphatic carbocycles. The number of phenols is 1. The molecule has 0 bridgehead atoms. The van der Waals surface area contributed by atoms with Gasteiger partial charge in [-0.15, -0.1) is 0 Å². The second-order valence-electron chi connectivity index (χ2n) is 4.00. The van der Waals surface area contributed by atoms with Crippen molar-refractivity contribution in [3.05, 3.63) is 53.9 Å². The van der Waals surface area contributed by atoms with Crippen LogP contribution in [0.1, 0.15) is 11.3 Å². The molecule has 0 saturated heterocycles. The van der Waals surface area contributed by atoms with Crippen LogP contribution in [-0.2, 0) is 7.05 Å². The van der Waals surface area contributed by atoms with Gasteiger partial charge in [0, 0.05) is 18.2 Å². The number of hydrogen-bond donors (Lipinski definition) is 1. The van der Waals surface area contributed by atoms with Gasteiger partial charge in [-0.1, -0.05) is 6.07 Å². The highest BCUT2D eigenvalue weighted by atomic mass is 127. The molecule has 0 radical (unpaired) electrons. The van der Waals surface area contributed by atoms with Gasteiger partial charge in [-0.2, -0.15) is 0 Å². The number of nitrogens with zero attached hydrogens (tertiary/aromatic N) is 1. The quantitative estimate of drug-likeness (QED) is 0.579. The lowest BCUT2D eigenvalue weighted by atomic mass is 10.1. The monoisotopic (exact) mass is 369 g/mol. The molecule has 4 heteroatoms. The van der Waals surface area contributed by atoms with E-state index in [0.29, 0.717) is 5.75 Å². The second-order valence-corrected chi connectivity index (χ2v) is 4.00. The lowest BCUT2D eigenvalue weighted by Crippen LogP contribution is -3.00. The molecule has 1 aromatic carbocycles. The Bertz CT molecular complexity index is 582. The van der Waals surface area contributed by atoms with Gasteiger partial charge in [0.15, 0.2) is 17.7 Å². The fourth-order valence-corrected chi connectivity index (χ4v) is 1.69. The molecule has 0 spiro atoms. The van der Waals surface area contributed by atoms with Crippen molar-refractivity contribution < 1.29 is 38.4 Å². The first-order chi connectivity index (χ1) is 8.70. The third-order valence-corrected chi connectivity index (χ3v) is 2.75. The molecule has 0 amide bonds. The third-order valence-electron chi connectivity index (χ3n) is 2.75. The highest BCUT2D eigenvalue weighted by Crippen LogP contribution is 2.26. The maximum Gasteiger partial charge on any atom is 0.204 e. The molecule has 2 rings (SSSR count). The Morgan fingerprint density at radius 3 is 2.63 bits per heavy atom. The van der Waals surface area contributed by atoms with Gasteiger partial charge in [0.25, 0.3) is 0 Å². The zero-order valence-electron chi connectivity index (χ0n) is 10.9. The minimum atomic E-state index is 0. The molecule has 2 aromatic rings. The Balaban J connectivity index is 0.00000180. The van der Waals surface area contributed by atoms with Crippen molar-refractivity contribution in [1.29, 1.82) is 0 Å². The van der Waals surface area contributed by atoms with Crippen LogP contribution in [0.5, 0.6) is 11.5 Å². The number of methoxy groups -OCH3 is 1. The second kappa shape index (κ2) is 7.13. The minimum absolute atomic E-state index is 0. The van der Waals surface area contributed by atoms with Crippen molar-refractivity contribution in [2.75, 3.05) is 7.11 Å². The Hall–Kier alpha value is -1.56. The van der Waals surface area contributed by atoms with Crippen LogP contribution < -0.4 is 33.3 Å². The number of hydrogen-bond acceptors (Lipinski definition) is 2. The smallest absolute Gasteiger partial charge is 0.204 e. The molecule has 0 aliphatic rings. The third kappa shape index (κ3) is 3.96. The van der Waals surface area contributed by atoms with Crippen LogP contribution >= 0.6 is 0 Å². The van der Waals surface area contributed by atoms with Crippen LogP contribution in [0.15, 0.2) is 42.6 Å². The molecule has 1 aromatic heterocycles. The average molecular weight is 369 g/mol. The largest absolute Gasteiger partial charge is 1.00 e. The van der Waals surface area contributed by atoms with Gasteiger partial charge in [0.05, 0.1) is 7.11 Å². The Labute approximate surface area is 130 Å². The SMILES string of the molecule is COc1cc(C=Cc2cccc[n+]2C)ccc1O.[I-]. The topological polar surface area (TPSA) is 33.3 Å². The fourth-order valence-electron chi connectivity index (χ4n) is 1.69. The zero-order chi connectivity index (χ0) is 13.0. The molecule has 0 saturated carbocycles. The van der Waals surface area contributed by atoms with E-state index in [2.05, 4.69) is 0 Å². The van der Waals surface area contributed by atoms with E-state index in [1.165, 1.54) is 0 Å². The summed E-state index contributed by atoms with van der Waals surface area (Å²) in [6.45, 7) is 0. The standard InChI is InChI=1S/C15H15NO2.HI/c1-16-10-4-3-5-13(16)8-6-12-7-9-14(17)15(11-12)18-2;/h3-11H,1-2H3;1H. The summed E-state index contributed by atoms with van der Waals surface area (Å²) >= 11 is 0. The minimum Gasteiger partial charge on any atom is -1.00 e. The molecule has 0 fully saturated rings. The Morgan fingerprint density at radius 2 is 1.95 bits per heavy atom. The Kier molecular flexibility index (Phi) is 5.82. The number of halogens is 1. The van der Waals surface area contributed by atoms with E-state index in [4.69, 9.17) is 4.74 Å². The van der Waals surface area contributed by atoms with E-state index < -0.39 is 0 Å². The maximum absolute atomic E-state index is 9.51. The van der Waals surface area contributed by atoms with E-state index >= 15 is 0 Å². The molecule has 3 nitrogen and oxygen atoms in total. The fraction of sp³-hybridized carbons (Fsp3) is 0.133. The van der Waals surface area contributed by atoms with Gasteiger partial charge in [-0.3, -0.25) is 0 Å². The Morgan fingerprint density at radius 1 is 1.16 bits per heavy atom. The van der Waals surface area contributed by atoms with Gasteiger partial charge in [-0.25, -0.2) is 4.57 Å². The average Bonchev–Trinajstić information content (AvgIpc) is 2.39. The van der Waals surface area contributed by atoms with Crippen molar-refractivity contribution in [3.8, 4) is 11.5 Å². The lowest BCUT2D eigenvalue weighted by Gasteiger charge is -2.03. The molecular weight excluding hydrogens is 353 g/mol. The van der Waals surface area contributed by atoms with Crippen molar-refractivity contribution in [1.82, 2.24) is 0 Å². The first kappa shape index (κ1) is 15.5. The summed E-state index contributed by atoms with van der Waals surface area (Å²) < 4.78 is 7.11. The predicted octanol–water partition coefficient (Wildman–Crippen LogP) is -0.600. The molecule has 19 heavy (non-hydrogen) atoms. The van der Waals surface area contributed by atoms with E-state index in [0.717, 1.165) is 11.3 Å². The molecular formula is C15H16INO2. The van der Waals surface area contributed by atoms with E-state index in [1.54, 1.807) is 19.2 Å². The lowest BCUT2D eigenvalue weighted by molar-refractivity contribution is -0.673. The summed E-state index contributed by atoms with van der Waals surface area (Å²) in [5.74, 6) is 0.634. The molecule has 1 heterocycles. The van der Waals surface area contributed by atoms with Gasteiger partial charge in [0.1, 0.15) is 7.05 Å². The van der Waals surface area contributed by atoms with Crippen molar-refractivity contribution >= 4 is 12.2 Å². The molecule has 0 atom stereocenters. The van der Waals surface area contributed by atoms with Crippen LogP contribution in [0.3, 0.4) is 0 Å². The number of phenolic OH excluding ortho intramolecular Hbond substituents is 1. The number of aromatic nitrogens is 1. The normalized spacial score (nSPS) is 10.2. The first-order valence-corrected chi connectivity index (χ1v) is 5.70. The maximum atomic E-state index is 9.51. The highest BCUT2D eigenvalue weighted by Gasteiger charge is 2.02. The number of rotatable bonds is 3.